The molecular formula is C42H51ClN10O4. The minimum Gasteiger partial charge on any atom is -0.370 e. The van der Waals surface area contributed by atoms with Gasteiger partial charge in [0.25, 0.3) is 5.56 Å². The molecule has 14 nitrogen and oxygen atoms in total. The lowest BCUT2D eigenvalue weighted by Gasteiger charge is -2.39. The Morgan fingerprint density at radius 1 is 0.877 bits per heavy atom. The largest absolute Gasteiger partial charge is 0.370 e. The maximum absolute atomic E-state index is 13.6. The van der Waals surface area contributed by atoms with Gasteiger partial charge in [-0.25, -0.2) is 14.8 Å². The number of aryl methyl sites for hydroxylation is 1. The summed E-state index contributed by atoms with van der Waals surface area (Å²) in [6, 6.07) is 7.39. The number of nitrogens with zero attached hydrogens (tertiary/aromatic N) is 8. The lowest BCUT2D eigenvalue weighted by Crippen LogP contribution is -2.50. The van der Waals surface area contributed by atoms with E-state index in [1.807, 2.05) is 31.3 Å². The highest BCUT2D eigenvalue weighted by molar-refractivity contribution is 6.33. The van der Waals surface area contributed by atoms with E-state index in [9.17, 15) is 19.2 Å². The molecule has 3 amide bonds. The second-order valence-electron chi connectivity index (χ2n) is 16.0. The molecule has 2 N–H and O–H groups in total. The predicted octanol–water partition coefficient (Wildman–Crippen LogP) is 6.39. The van der Waals surface area contributed by atoms with Crippen LogP contribution in [0.1, 0.15) is 85.8 Å². The molecule has 0 bridgehead atoms. The standard InChI is InChI=1S/C42H51ClN10O4/c1-26-32-25-45-41(48-39(32)53(30-6-4-5-7-30)40(56)37(26)28(3)54)46-35-11-8-31(24-44-35)50-22-20-49(21-23-50)16-12-29-13-17-51(18-14-29)38-27(2)34(10-9-33(38)43)52-19-15-36(55)47-42(52)57/h8-11,24-25,29-30H,4-7,12-23H2,1-3H3,(H,47,55,57)(H,44,45,46,48). The molecule has 3 aliphatic heterocycles. The number of ketones is 1. The normalized spacial score (nSPS) is 18.8. The Labute approximate surface area is 337 Å². The summed E-state index contributed by atoms with van der Waals surface area (Å²) in [6.45, 7) is 12.4. The van der Waals surface area contributed by atoms with E-state index in [1.165, 1.54) is 6.92 Å². The van der Waals surface area contributed by atoms with Crippen LogP contribution in [0.15, 0.2) is 41.5 Å². The molecule has 57 heavy (non-hydrogen) atoms. The Hall–Kier alpha value is -5.08. The molecule has 4 aromatic rings. The zero-order chi connectivity index (χ0) is 39.8. The van der Waals surface area contributed by atoms with E-state index in [0.29, 0.717) is 40.5 Å². The summed E-state index contributed by atoms with van der Waals surface area (Å²) in [6.07, 6.45) is 11.1. The van der Waals surface area contributed by atoms with Crippen molar-refractivity contribution in [2.45, 2.75) is 78.2 Å². The van der Waals surface area contributed by atoms with Crippen molar-refractivity contribution < 1.29 is 14.4 Å². The minimum atomic E-state index is -0.381. The van der Waals surface area contributed by atoms with Crippen LogP contribution in [-0.4, -0.2) is 94.5 Å². The van der Waals surface area contributed by atoms with Gasteiger partial charge in [-0.3, -0.25) is 34.1 Å². The Morgan fingerprint density at radius 3 is 2.32 bits per heavy atom. The Balaban J connectivity index is 0.830. The molecule has 1 aliphatic carbocycles. The average Bonchev–Trinajstić information content (AvgIpc) is 3.73. The van der Waals surface area contributed by atoms with Crippen molar-refractivity contribution in [3.63, 3.8) is 0 Å². The van der Waals surface area contributed by atoms with Gasteiger partial charge >= 0.3 is 6.03 Å². The smallest absolute Gasteiger partial charge is 0.328 e. The summed E-state index contributed by atoms with van der Waals surface area (Å²) < 4.78 is 1.72. The van der Waals surface area contributed by atoms with Gasteiger partial charge in [-0.2, -0.15) is 4.98 Å². The number of hydrogen-bond donors (Lipinski definition) is 2. The molecule has 0 spiro atoms. The number of hydrogen-bond acceptors (Lipinski definition) is 11. The Morgan fingerprint density at radius 2 is 1.63 bits per heavy atom. The van der Waals surface area contributed by atoms with E-state index < -0.39 is 0 Å². The number of pyridine rings is 2. The number of carbonyl (C=O) groups is 3. The van der Waals surface area contributed by atoms with Crippen molar-refractivity contribution in [1.29, 1.82) is 0 Å². The summed E-state index contributed by atoms with van der Waals surface area (Å²) in [4.78, 5) is 73.3. The highest BCUT2D eigenvalue weighted by Crippen LogP contribution is 2.39. The highest BCUT2D eigenvalue weighted by Gasteiger charge is 2.30. The monoisotopic (exact) mass is 794 g/mol. The predicted molar refractivity (Wildman–Crippen MR) is 223 cm³/mol. The molecule has 0 unspecified atom stereocenters. The lowest BCUT2D eigenvalue weighted by atomic mass is 9.92. The first kappa shape index (κ1) is 38.8. The summed E-state index contributed by atoms with van der Waals surface area (Å²) in [5, 5.41) is 7.06. The number of fused-ring (bicyclic) bond motifs is 1. The van der Waals surface area contributed by atoms with Crippen LogP contribution in [0.5, 0.6) is 0 Å². The number of carbonyl (C=O) groups excluding carboxylic acids is 3. The molecular weight excluding hydrogens is 744 g/mol. The van der Waals surface area contributed by atoms with Crippen molar-refractivity contribution in [2.24, 2.45) is 5.92 Å². The van der Waals surface area contributed by atoms with E-state index in [-0.39, 0.29) is 41.3 Å². The number of piperidine rings is 1. The van der Waals surface area contributed by atoms with Crippen LogP contribution in [-0.2, 0) is 4.79 Å². The van der Waals surface area contributed by atoms with Gasteiger partial charge in [-0.15, -0.1) is 0 Å². The molecule has 15 heteroatoms. The number of rotatable bonds is 10. The van der Waals surface area contributed by atoms with Gasteiger partial charge in [-0.1, -0.05) is 24.4 Å². The summed E-state index contributed by atoms with van der Waals surface area (Å²) in [7, 11) is 0. The molecule has 3 saturated heterocycles. The van der Waals surface area contributed by atoms with Crippen molar-refractivity contribution in [2.75, 3.05) is 72.4 Å². The van der Waals surface area contributed by atoms with Crippen LogP contribution in [0, 0.1) is 19.8 Å². The molecule has 3 aromatic heterocycles. The Kier molecular flexibility index (Phi) is 11.2. The van der Waals surface area contributed by atoms with Crippen LogP contribution in [0.3, 0.4) is 0 Å². The number of urea groups is 1. The number of nitrogens with one attached hydrogen (secondary N) is 2. The fourth-order valence-corrected chi connectivity index (χ4v) is 9.57. The van der Waals surface area contributed by atoms with Gasteiger partial charge in [0.1, 0.15) is 11.5 Å². The van der Waals surface area contributed by atoms with Crippen LogP contribution in [0.4, 0.5) is 33.6 Å². The van der Waals surface area contributed by atoms with Gasteiger partial charge in [0.05, 0.1) is 33.8 Å². The number of piperazine rings is 1. The van der Waals surface area contributed by atoms with Crippen LogP contribution < -0.4 is 30.9 Å². The number of benzene rings is 1. The first-order valence-electron chi connectivity index (χ1n) is 20.3. The molecule has 1 saturated carbocycles. The fraction of sp³-hybridized carbons (Fsp3) is 0.500. The molecule has 6 heterocycles. The molecule has 300 valence electrons. The van der Waals surface area contributed by atoms with Gasteiger partial charge in [0.2, 0.25) is 11.9 Å². The van der Waals surface area contributed by atoms with E-state index >= 15 is 0 Å². The van der Waals surface area contributed by atoms with Gasteiger partial charge in [-0.05, 0) is 101 Å². The third kappa shape index (κ3) is 7.94. The summed E-state index contributed by atoms with van der Waals surface area (Å²) in [5.41, 5.74) is 4.97. The summed E-state index contributed by atoms with van der Waals surface area (Å²) in [5.74, 6) is 1.15. The van der Waals surface area contributed by atoms with Gasteiger partial charge < -0.3 is 15.1 Å². The molecule has 0 atom stereocenters. The van der Waals surface area contributed by atoms with E-state index in [2.05, 4.69) is 41.4 Å². The SMILES string of the molecule is CC(=O)c1c(C)c2cnc(Nc3ccc(N4CCN(CCC5CCN(c6c(Cl)ccc(N7CCC(=O)NC7=O)c6C)CC5)CC4)cn3)nc2n(C2CCCC2)c1=O. The number of imide groups is 1. The van der Waals surface area contributed by atoms with Crippen LogP contribution in [0.2, 0.25) is 5.02 Å². The summed E-state index contributed by atoms with van der Waals surface area (Å²) >= 11 is 6.73. The zero-order valence-corrected chi connectivity index (χ0v) is 33.8. The van der Waals surface area contributed by atoms with Gasteiger partial charge in [0.15, 0.2) is 5.78 Å². The van der Waals surface area contributed by atoms with Crippen LogP contribution >= 0.6 is 11.6 Å². The quantitative estimate of drug-likeness (QED) is 0.172. The van der Waals surface area contributed by atoms with Crippen molar-refractivity contribution in [3.8, 4) is 0 Å². The second-order valence-corrected chi connectivity index (χ2v) is 16.4. The number of anilines is 5. The topological polar surface area (TPSA) is 149 Å². The van der Waals surface area contributed by atoms with Gasteiger partial charge in [0, 0.05) is 69.9 Å². The molecule has 4 fully saturated rings. The minimum absolute atomic E-state index is 0.0195. The Bertz CT molecular complexity index is 2240. The molecule has 4 aliphatic rings. The average molecular weight is 795 g/mol. The van der Waals surface area contributed by atoms with Crippen LogP contribution in [0.25, 0.3) is 11.0 Å². The maximum atomic E-state index is 13.6. The third-order valence-corrected chi connectivity index (χ3v) is 12.8. The number of halogens is 1. The first-order chi connectivity index (χ1) is 27.5. The fourth-order valence-electron chi connectivity index (χ4n) is 9.24. The number of Topliss-reactive ketones (excluding diaryl/α,β-unsaturated/α-hetero) is 1. The maximum Gasteiger partial charge on any atom is 0.328 e. The van der Waals surface area contributed by atoms with E-state index in [1.54, 1.807) is 22.6 Å². The number of aromatic nitrogens is 4. The van der Waals surface area contributed by atoms with Crippen molar-refractivity contribution in [1.82, 2.24) is 29.7 Å². The molecule has 1 aromatic carbocycles. The zero-order valence-electron chi connectivity index (χ0n) is 33.0. The van der Waals surface area contributed by atoms with E-state index in [4.69, 9.17) is 16.6 Å². The second kappa shape index (κ2) is 16.4. The molecule has 0 radical (unpaired) electrons. The molecule has 8 rings (SSSR count). The van der Waals surface area contributed by atoms with Crippen molar-refractivity contribution in [3.05, 3.63) is 68.7 Å². The number of amides is 3. The third-order valence-electron chi connectivity index (χ3n) is 12.5. The highest BCUT2D eigenvalue weighted by atomic mass is 35.5. The van der Waals surface area contributed by atoms with E-state index in [0.717, 1.165) is 119 Å². The first-order valence-corrected chi connectivity index (χ1v) is 20.7. The lowest BCUT2D eigenvalue weighted by molar-refractivity contribution is -0.120. The van der Waals surface area contributed by atoms with Crippen molar-refractivity contribution >= 4 is 69.2 Å².